The first-order chi connectivity index (χ1) is 10.6. The van der Waals surface area contributed by atoms with E-state index in [4.69, 9.17) is 4.74 Å². The summed E-state index contributed by atoms with van der Waals surface area (Å²) >= 11 is 0. The van der Waals surface area contributed by atoms with Gasteiger partial charge in [0.1, 0.15) is 0 Å². The van der Waals surface area contributed by atoms with E-state index in [9.17, 15) is 8.42 Å². The van der Waals surface area contributed by atoms with Gasteiger partial charge < -0.3 is 15.4 Å². The highest BCUT2D eigenvalue weighted by molar-refractivity contribution is 7.88. The van der Waals surface area contributed by atoms with Crippen molar-refractivity contribution in [3.05, 3.63) is 0 Å². The highest BCUT2D eigenvalue weighted by Crippen LogP contribution is 2.43. The SMILES string of the molecule is CN=C(NCC1(CCOC)CCC1)NCC(C)(C)NS(C)(=O)=O. The van der Waals surface area contributed by atoms with Crippen molar-refractivity contribution in [1.29, 1.82) is 0 Å². The molecule has 1 aliphatic carbocycles. The van der Waals surface area contributed by atoms with Crippen molar-refractivity contribution in [1.82, 2.24) is 15.4 Å². The van der Waals surface area contributed by atoms with Crippen LogP contribution in [-0.2, 0) is 14.8 Å². The summed E-state index contributed by atoms with van der Waals surface area (Å²) in [5.41, 5.74) is -0.288. The van der Waals surface area contributed by atoms with Crippen molar-refractivity contribution in [3.63, 3.8) is 0 Å². The molecule has 3 N–H and O–H groups in total. The Morgan fingerprint density at radius 2 is 1.96 bits per heavy atom. The average molecular weight is 349 g/mol. The molecule has 0 aromatic rings. The third-order valence-corrected chi connectivity index (χ3v) is 5.19. The van der Waals surface area contributed by atoms with Gasteiger partial charge in [-0.3, -0.25) is 4.99 Å². The average Bonchev–Trinajstić information content (AvgIpc) is 2.37. The zero-order valence-electron chi connectivity index (χ0n) is 15.0. The highest BCUT2D eigenvalue weighted by Gasteiger charge is 2.36. The smallest absolute Gasteiger partial charge is 0.209 e. The number of ether oxygens (including phenoxy) is 1. The molecule has 0 unspecified atom stereocenters. The fourth-order valence-corrected chi connectivity index (χ4v) is 3.92. The maximum Gasteiger partial charge on any atom is 0.209 e. The zero-order chi connectivity index (χ0) is 17.6. The molecule has 0 bridgehead atoms. The lowest BCUT2D eigenvalue weighted by atomic mass is 9.67. The Hall–Kier alpha value is -0.860. The van der Waals surface area contributed by atoms with Crippen molar-refractivity contribution in [2.24, 2.45) is 10.4 Å². The Morgan fingerprint density at radius 1 is 1.30 bits per heavy atom. The van der Waals surface area contributed by atoms with E-state index in [1.54, 1.807) is 14.2 Å². The molecule has 0 aromatic carbocycles. The first-order valence-corrected chi connectivity index (χ1v) is 9.93. The van der Waals surface area contributed by atoms with Gasteiger partial charge in [-0.25, -0.2) is 13.1 Å². The molecule has 1 fully saturated rings. The first-order valence-electron chi connectivity index (χ1n) is 8.04. The Morgan fingerprint density at radius 3 is 2.39 bits per heavy atom. The Bertz CT molecular complexity index is 499. The molecule has 0 aliphatic heterocycles. The van der Waals surface area contributed by atoms with Crippen molar-refractivity contribution in [2.75, 3.05) is 40.1 Å². The minimum atomic E-state index is -3.24. The molecule has 1 saturated carbocycles. The molecule has 0 saturated heterocycles. The number of nitrogens with one attached hydrogen (secondary N) is 3. The maximum atomic E-state index is 11.4. The molecular formula is C15H32N4O3S. The van der Waals surface area contributed by atoms with Gasteiger partial charge in [0.15, 0.2) is 5.96 Å². The van der Waals surface area contributed by atoms with Crippen LogP contribution in [0.2, 0.25) is 0 Å². The van der Waals surface area contributed by atoms with E-state index in [0.29, 0.717) is 17.9 Å². The normalized spacial score (nSPS) is 18.4. The van der Waals surface area contributed by atoms with Crippen LogP contribution in [0.4, 0.5) is 0 Å². The molecule has 7 nitrogen and oxygen atoms in total. The van der Waals surface area contributed by atoms with Crippen molar-refractivity contribution < 1.29 is 13.2 Å². The summed E-state index contributed by atoms with van der Waals surface area (Å²) in [7, 11) is 0.209. The van der Waals surface area contributed by atoms with E-state index in [1.807, 2.05) is 13.8 Å². The molecule has 1 rings (SSSR count). The topological polar surface area (TPSA) is 91.8 Å². The number of methoxy groups -OCH3 is 1. The monoisotopic (exact) mass is 348 g/mol. The molecule has 136 valence electrons. The van der Waals surface area contributed by atoms with Gasteiger partial charge >= 0.3 is 0 Å². The number of hydrogen-bond donors (Lipinski definition) is 3. The predicted molar refractivity (Wildman–Crippen MR) is 94.2 cm³/mol. The first kappa shape index (κ1) is 20.2. The van der Waals surface area contributed by atoms with E-state index in [1.165, 1.54) is 19.3 Å². The van der Waals surface area contributed by atoms with Crippen LogP contribution in [0.25, 0.3) is 0 Å². The van der Waals surface area contributed by atoms with Crippen LogP contribution < -0.4 is 15.4 Å². The van der Waals surface area contributed by atoms with Crippen molar-refractivity contribution in [3.8, 4) is 0 Å². The molecule has 0 spiro atoms. The van der Waals surface area contributed by atoms with Gasteiger partial charge in [-0.1, -0.05) is 6.42 Å². The summed E-state index contributed by atoms with van der Waals surface area (Å²) in [5, 5.41) is 6.55. The Labute approximate surface area is 140 Å². The van der Waals surface area contributed by atoms with Gasteiger partial charge in [0, 0.05) is 39.4 Å². The standard InChI is InChI=1S/C15H32N4O3S/c1-14(2,19-23(5,20)21)11-17-13(16-3)18-12-15(7-6-8-15)9-10-22-4/h19H,6-12H2,1-5H3,(H2,16,17,18). The molecule has 1 aliphatic rings. The van der Waals surface area contributed by atoms with Gasteiger partial charge in [-0.2, -0.15) is 0 Å². The fraction of sp³-hybridized carbons (Fsp3) is 0.933. The van der Waals surface area contributed by atoms with E-state index in [0.717, 1.165) is 25.8 Å². The summed E-state index contributed by atoms with van der Waals surface area (Å²) in [4.78, 5) is 4.22. The third kappa shape index (κ3) is 7.50. The third-order valence-electron chi connectivity index (χ3n) is 4.26. The van der Waals surface area contributed by atoms with Gasteiger partial charge in [-0.15, -0.1) is 0 Å². The van der Waals surface area contributed by atoms with Gasteiger partial charge in [0.25, 0.3) is 0 Å². The quantitative estimate of drug-likeness (QED) is 0.421. The zero-order valence-corrected chi connectivity index (χ0v) is 15.8. The fourth-order valence-electron chi connectivity index (χ4n) is 2.85. The molecule has 0 heterocycles. The van der Waals surface area contributed by atoms with E-state index in [-0.39, 0.29) is 0 Å². The van der Waals surface area contributed by atoms with Crippen LogP contribution in [0.1, 0.15) is 39.5 Å². The Balaban J connectivity index is 2.46. The second-order valence-corrected chi connectivity index (χ2v) is 8.88. The second kappa shape index (κ2) is 8.30. The lowest BCUT2D eigenvalue weighted by Crippen LogP contribution is -2.54. The molecule has 0 aromatic heterocycles. The van der Waals surface area contributed by atoms with E-state index >= 15 is 0 Å². The lowest BCUT2D eigenvalue weighted by molar-refractivity contribution is 0.0732. The number of nitrogens with zero attached hydrogens (tertiary/aromatic N) is 1. The molecule has 23 heavy (non-hydrogen) atoms. The molecule has 0 radical (unpaired) electrons. The number of guanidine groups is 1. The summed E-state index contributed by atoms with van der Waals surface area (Å²) < 4.78 is 30.6. The predicted octanol–water partition coefficient (Wildman–Crippen LogP) is 0.686. The molecule has 0 atom stereocenters. The largest absolute Gasteiger partial charge is 0.385 e. The molecule has 8 heteroatoms. The lowest BCUT2D eigenvalue weighted by Gasteiger charge is -2.42. The van der Waals surface area contributed by atoms with Gasteiger partial charge in [-0.05, 0) is 38.5 Å². The van der Waals surface area contributed by atoms with Crippen LogP contribution >= 0.6 is 0 Å². The van der Waals surface area contributed by atoms with Crippen molar-refractivity contribution in [2.45, 2.75) is 45.1 Å². The number of aliphatic imine (C=N–C) groups is 1. The summed E-state index contributed by atoms with van der Waals surface area (Å²) in [6.45, 7) is 5.75. The minimum absolute atomic E-state index is 0.300. The number of hydrogen-bond acceptors (Lipinski definition) is 4. The summed E-state index contributed by atoms with van der Waals surface area (Å²) in [6.07, 6.45) is 5.90. The van der Waals surface area contributed by atoms with Gasteiger partial charge in [0.05, 0.1) is 6.26 Å². The van der Waals surface area contributed by atoms with Crippen LogP contribution in [0.5, 0.6) is 0 Å². The van der Waals surface area contributed by atoms with Crippen LogP contribution in [0.3, 0.4) is 0 Å². The highest BCUT2D eigenvalue weighted by atomic mass is 32.2. The number of rotatable bonds is 9. The van der Waals surface area contributed by atoms with Crippen LogP contribution in [-0.4, -0.2) is 60.0 Å². The number of sulfonamides is 1. The van der Waals surface area contributed by atoms with Crippen LogP contribution in [0.15, 0.2) is 4.99 Å². The summed E-state index contributed by atoms with van der Waals surface area (Å²) in [6, 6.07) is 0. The van der Waals surface area contributed by atoms with Crippen LogP contribution in [0, 0.1) is 5.41 Å². The molecule has 0 amide bonds. The Kier molecular flexibility index (Phi) is 7.29. The minimum Gasteiger partial charge on any atom is -0.385 e. The maximum absolute atomic E-state index is 11.4. The van der Waals surface area contributed by atoms with Gasteiger partial charge in [0.2, 0.25) is 10.0 Å². The van der Waals surface area contributed by atoms with E-state index in [2.05, 4.69) is 20.3 Å². The molecular weight excluding hydrogens is 316 g/mol. The second-order valence-electron chi connectivity index (χ2n) is 7.13. The van der Waals surface area contributed by atoms with E-state index < -0.39 is 15.6 Å². The van der Waals surface area contributed by atoms with Crippen molar-refractivity contribution >= 4 is 16.0 Å². The summed E-state index contributed by atoms with van der Waals surface area (Å²) in [5.74, 6) is 0.692.